The lowest BCUT2D eigenvalue weighted by atomic mass is 9.91. The minimum absolute atomic E-state index is 0.225. The average Bonchev–Trinajstić information content (AvgIpc) is 2.77. The van der Waals surface area contributed by atoms with Gasteiger partial charge in [0.1, 0.15) is 0 Å². The van der Waals surface area contributed by atoms with E-state index in [0.717, 1.165) is 6.07 Å². The van der Waals surface area contributed by atoms with E-state index in [-0.39, 0.29) is 12.1 Å². The quantitative estimate of drug-likeness (QED) is 0.174. The van der Waals surface area contributed by atoms with Crippen molar-refractivity contribution in [2.75, 3.05) is 0 Å². The molecule has 1 aromatic rings. The van der Waals surface area contributed by atoms with Crippen LogP contribution in [0.15, 0.2) is 30.3 Å². The maximum atomic E-state index is 14.4. The van der Waals surface area contributed by atoms with E-state index in [1.165, 1.54) is 0 Å². The summed E-state index contributed by atoms with van der Waals surface area (Å²) in [5, 5.41) is -12.5. The molecule has 0 radical (unpaired) electrons. The standard InChI is InChI=1S/C15H7F18NO5S2/c16-8(17,10(20,21)12(24,25)14(28,29)30)9(18,19)11(22,23)13(26,27)15(31,32)41(38,39)34(33)7(40(35,36)37)6-4-2-1-3-5-6/h1-5,7H,(H,35,36,37). The largest absolute Gasteiger partial charge is 0.460 e. The van der Waals surface area contributed by atoms with E-state index in [9.17, 15) is 96.0 Å². The maximum absolute atomic E-state index is 14.4. The highest BCUT2D eigenvalue weighted by Crippen LogP contribution is 2.64. The summed E-state index contributed by atoms with van der Waals surface area (Å²) >= 11 is 0. The van der Waals surface area contributed by atoms with Crippen LogP contribution in [0.1, 0.15) is 10.9 Å². The molecule has 0 spiro atoms. The van der Waals surface area contributed by atoms with Gasteiger partial charge in [0, 0.05) is 0 Å². The van der Waals surface area contributed by atoms with Crippen molar-refractivity contribution in [3.05, 3.63) is 35.9 Å². The highest BCUT2D eigenvalue weighted by molar-refractivity contribution is 7.92. The molecule has 41 heavy (non-hydrogen) atoms. The molecule has 1 N–H and O–H groups in total. The first-order chi connectivity index (χ1) is 17.6. The number of hydrogen-bond donors (Lipinski definition) is 1. The molecule has 0 bridgehead atoms. The number of benzene rings is 1. The summed E-state index contributed by atoms with van der Waals surface area (Å²) in [6.45, 7) is 0. The van der Waals surface area contributed by atoms with Crippen LogP contribution in [0.4, 0.5) is 79.1 Å². The third-order valence-corrected chi connectivity index (χ3v) is 7.53. The Morgan fingerprint density at radius 1 is 0.561 bits per heavy atom. The second-order valence-electron chi connectivity index (χ2n) is 7.49. The van der Waals surface area contributed by atoms with Crippen LogP contribution in [0.25, 0.3) is 0 Å². The molecule has 1 rings (SSSR count). The van der Waals surface area contributed by atoms with Crippen LogP contribution in [-0.4, -0.2) is 72.9 Å². The van der Waals surface area contributed by atoms with Crippen molar-refractivity contribution in [3.63, 3.8) is 0 Å². The lowest BCUT2D eigenvalue weighted by Crippen LogP contribution is -2.75. The van der Waals surface area contributed by atoms with E-state index in [1.54, 1.807) is 0 Å². The Hall–Kier alpha value is -2.22. The van der Waals surface area contributed by atoms with Crippen LogP contribution >= 0.6 is 0 Å². The van der Waals surface area contributed by atoms with Crippen LogP contribution in [0, 0.1) is 0 Å². The second kappa shape index (κ2) is 9.92. The fraction of sp³-hybridized carbons (Fsp3) is 0.600. The monoisotopic (exact) mass is 687 g/mol. The second-order valence-corrected chi connectivity index (χ2v) is 10.8. The van der Waals surface area contributed by atoms with Gasteiger partial charge in [-0.3, -0.25) is 4.55 Å². The number of sulfonamides is 1. The number of rotatable bonds is 11. The van der Waals surface area contributed by atoms with Gasteiger partial charge < -0.3 is 0 Å². The van der Waals surface area contributed by atoms with Gasteiger partial charge in [-0.25, -0.2) is 8.42 Å². The molecule has 0 aliphatic carbocycles. The summed E-state index contributed by atoms with van der Waals surface area (Å²) in [6.07, 6.45) is -8.02. The van der Waals surface area contributed by atoms with E-state index >= 15 is 0 Å². The molecule has 0 saturated heterocycles. The molecule has 1 unspecified atom stereocenters. The van der Waals surface area contributed by atoms with Crippen molar-refractivity contribution in [1.82, 2.24) is 4.53 Å². The minimum atomic E-state index is -9.16. The topological polar surface area (TPSA) is 91.8 Å². The summed E-state index contributed by atoms with van der Waals surface area (Å²) in [6, 6.07) is 2.54. The van der Waals surface area contributed by atoms with E-state index < -0.39 is 82.6 Å². The normalized spacial score (nSPS) is 16.7. The van der Waals surface area contributed by atoms with Gasteiger partial charge in [-0.15, -0.1) is 4.48 Å². The van der Waals surface area contributed by atoms with Crippen molar-refractivity contribution in [1.29, 1.82) is 0 Å². The Labute approximate surface area is 214 Å². The zero-order valence-corrected chi connectivity index (χ0v) is 19.7. The van der Waals surface area contributed by atoms with Gasteiger partial charge in [-0.2, -0.15) is 83.1 Å². The van der Waals surface area contributed by atoms with Crippen LogP contribution in [0.3, 0.4) is 0 Å². The highest BCUT2D eigenvalue weighted by atomic mass is 32.2. The van der Waals surface area contributed by atoms with Gasteiger partial charge in [-0.05, 0) is 10.1 Å². The summed E-state index contributed by atoms with van der Waals surface area (Å²) in [5.74, 6) is -53.6. The van der Waals surface area contributed by atoms with E-state index in [1.807, 2.05) is 0 Å². The SMILES string of the molecule is O=S(=O)(O)C(c1ccccc1)N(F)S(=O)(=O)C(F)(F)C(F)(F)C(F)(F)C(F)(F)C(F)(F)C(F)(F)C(F)(F)C(F)(F)F. The van der Waals surface area contributed by atoms with Crippen molar-refractivity contribution in [3.8, 4) is 0 Å². The fourth-order valence-corrected chi connectivity index (χ4v) is 4.98. The average molecular weight is 687 g/mol. The van der Waals surface area contributed by atoms with Gasteiger partial charge >= 0.3 is 57.0 Å². The van der Waals surface area contributed by atoms with Crippen molar-refractivity contribution in [2.45, 2.75) is 52.3 Å². The maximum Gasteiger partial charge on any atom is 0.460 e. The Kier molecular flexibility index (Phi) is 8.90. The smallest absolute Gasteiger partial charge is 0.284 e. The van der Waals surface area contributed by atoms with Crippen LogP contribution in [0.2, 0.25) is 0 Å². The van der Waals surface area contributed by atoms with E-state index in [4.69, 9.17) is 4.55 Å². The summed E-state index contributed by atoms with van der Waals surface area (Å²) in [5.41, 5.74) is -1.52. The minimum Gasteiger partial charge on any atom is -0.284 e. The lowest BCUT2D eigenvalue weighted by Gasteiger charge is -2.42. The molecular weight excluding hydrogens is 680 g/mol. The van der Waals surface area contributed by atoms with E-state index in [2.05, 4.69) is 0 Å². The Morgan fingerprint density at radius 2 is 0.878 bits per heavy atom. The predicted molar refractivity (Wildman–Crippen MR) is 93.3 cm³/mol. The Balaban J connectivity index is 3.88. The summed E-state index contributed by atoms with van der Waals surface area (Å²) < 4.78 is 293. The molecule has 1 aromatic carbocycles. The number of hydrogen-bond acceptors (Lipinski definition) is 4. The first kappa shape index (κ1) is 36.8. The molecule has 1 atom stereocenters. The summed E-state index contributed by atoms with van der Waals surface area (Å²) in [7, 11) is -15.1. The lowest BCUT2D eigenvalue weighted by molar-refractivity contribution is -0.458. The number of halogens is 18. The van der Waals surface area contributed by atoms with Crippen LogP contribution < -0.4 is 0 Å². The zero-order valence-electron chi connectivity index (χ0n) is 18.1. The predicted octanol–water partition coefficient (Wildman–Crippen LogP) is 6.06. The fourth-order valence-electron chi connectivity index (χ4n) is 2.56. The van der Waals surface area contributed by atoms with Crippen molar-refractivity contribution < 1.29 is 101 Å². The molecule has 0 saturated carbocycles. The first-order valence-corrected chi connectivity index (χ1v) is 12.0. The van der Waals surface area contributed by atoms with Gasteiger partial charge in [-0.1, -0.05) is 30.3 Å². The van der Waals surface area contributed by atoms with E-state index in [0.29, 0.717) is 12.1 Å². The molecule has 0 fully saturated rings. The molecule has 0 heterocycles. The van der Waals surface area contributed by atoms with Crippen LogP contribution in [-0.2, 0) is 20.1 Å². The van der Waals surface area contributed by atoms with Gasteiger partial charge in [0.15, 0.2) is 0 Å². The Bertz CT molecular complexity index is 1330. The van der Waals surface area contributed by atoms with Gasteiger partial charge in [0.2, 0.25) is 5.37 Å². The Morgan fingerprint density at radius 3 is 1.20 bits per heavy atom. The molecule has 240 valence electrons. The molecule has 0 aliphatic rings. The number of nitrogens with zero attached hydrogens (tertiary/aromatic N) is 1. The van der Waals surface area contributed by atoms with Crippen molar-refractivity contribution >= 4 is 20.1 Å². The van der Waals surface area contributed by atoms with Gasteiger partial charge in [0.05, 0.1) is 0 Å². The molecule has 6 nitrogen and oxygen atoms in total. The summed E-state index contributed by atoms with van der Waals surface area (Å²) in [4.78, 5) is 0. The van der Waals surface area contributed by atoms with Crippen molar-refractivity contribution in [2.24, 2.45) is 0 Å². The molecular formula is C15H7F18NO5S2. The first-order valence-electron chi connectivity index (χ1n) is 9.06. The molecule has 0 aromatic heterocycles. The van der Waals surface area contributed by atoms with Crippen LogP contribution in [0.5, 0.6) is 0 Å². The molecule has 0 aliphatic heterocycles. The third kappa shape index (κ3) is 5.06. The zero-order chi connectivity index (χ0) is 33.3. The molecule has 26 heteroatoms. The highest BCUT2D eigenvalue weighted by Gasteiger charge is 2.96. The number of alkyl halides is 17. The third-order valence-electron chi connectivity index (χ3n) is 4.80. The van der Waals surface area contributed by atoms with Gasteiger partial charge in [0.25, 0.3) is 10.1 Å². The molecule has 0 amide bonds.